The van der Waals surface area contributed by atoms with Crippen molar-refractivity contribution in [2.75, 3.05) is 0 Å². The molecule has 0 amide bonds. The average molecular weight is 465 g/mol. The summed E-state index contributed by atoms with van der Waals surface area (Å²) in [5.41, 5.74) is -1.20. The van der Waals surface area contributed by atoms with E-state index in [9.17, 15) is 24.3 Å². The van der Waals surface area contributed by atoms with Gasteiger partial charge in [-0.15, -0.1) is 0 Å². The fraction of sp³-hybridized carbons (Fsp3) is 0.852. The summed E-state index contributed by atoms with van der Waals surface area (Å²) in [6, 6.07) is 0. The van der Waals surface area contributed by atoms with E-state index in [1.165, 1.54) is 0 Å². The van der Waals surface area contributed by atoms with Gasteiger partial charge < -0.3 is 9.84 Å². The van der Waals surface area contributed by atoms with Crippen molar-refractivity contribution < 1.29 is 29.0 Å². The van der Waals surface area contributed by atoms with E-state index >= 15 is 0 Å². The Morgan fingerprint density at radius 3 is 1.61 bits per heavy atom. The first-order valence-corrected chi connectivity index (χ1v) is 12.9. The van der Waals surface area contributed by atoms with E-state index in [4.69, 9.17) is 4.74 Å². The number of carbonyl (C=O) groups is 4. The molecule has 0 radical (unpaired) electrons. The lowest BCUT2D eigenvalue weighted by Crippen LogP contribution is -2.24. The maximum Gasteiger partial charge on any atom is 0.309 e. The number of ketones is 2. The van der Waals surface area contributed by atoms with Crippen LogP contribution in [0, 0.1) is 29.1 Å². The summed E-state index contributed by atoms with van der Waals surface area (Å²) in [5.74, 6) is 0.450. The van der Waals surface area contributed by atoms with Gasteiger partial charge in [0.1, 0.15) is 17.2 Å². The molecule has 2 aliphatic rings. The highest BCUT2D eigenvalue weighted by Crippen LogP contribution is 2.38. The summed E-state index contributed by atoms with van der Waals surface area (Å²) in [6.07, 6.45) is 11.1. The van der Waals surface area contributed by atoms with Crippen molar-refractivity contribution in [3.8, 4) is 0 Å². The van der Waals surface area contributed by atoms with Crippen LogP contribution >= 0.6 is 0 Å². The Bertz CT molecular complexity index is 695. The fourth-order valence-electron chi connectivity index (χ4n) is 5.66. The zero-order valence-corrected chi connectivity index (χ0v) is 21.1. The largest absolute Gasteiger partial charge is 0.481 e. The first-order valence-electron chi connectivity index (χ1n) is 12.9. The van der Waals surface area contributed by atoms with Crippen molar-refractivity contribution in [3.63, 3.8) is 0 Å². The number of carboxylic acids is 1. The van der Waals surface area contributed by atoms with Crippen LogP contribution < -0.4 is 0 Å². The Balaban J connectivity index is 1.65. The number of carbonyl (C=O) groups excluding carboxylic acids is 3. The third-order valence-corrected chi connectivity index (χ3v) is 8.07. The van der Waals surface area contributed by atoms with Crippen LogP contribution in [-0.4, -0.2) is 34.7 Å². The van der Waals surface area contributed by atoms with Gasteiger partial charge in [0.25, 0.3) is 6.47 Å². The normalized spacial score (nSPS) is 26.1. The Labute approximate surface area is 199 Å². The predicted octanol–water partition coefficient (Wildman–Crippen LogP) is 5.75. The molecule has 4 unspecified atom stereocenters. The molecule has 2 fully saturated rings. The van der Waals surface area contributed by atoms with Gasteiger partial charge in [-0.2, -0.15) is 0 Å². The van der Waals surface area contributed by atoms with E-state index in [0.29, 0.717) is 24.5 Å². The SMILES string of the molecule is CC(C)(CCCC1CCC(CCCC2CCC(CCCC(C)(C)C(=O)O)C2=O)C1=O)OC=O. The molecule has 6 heteroatoms. The second kappa shape index (κ2) is 12.1. The van der Waals surface area contributed by atoms with Crippen molar-refractivity contribution in [3.05, 3.63) is 0 Å². The van der Waals surface area contributed by atoms with E-state index < -0.39 is 17.0 Å². The summed E-state index contributed by atoms with van der Waals surface area (Å²) in [4.78, 5) is 47.4. The quantitative estimate of drug-likeness (QED) is 0.310. The maximum atomic E-state index is 12.8. The van der Waals surface area contributed by atoms with Gasteiger partial charge in [0.2, 0.25) is 0 Å². The van der Waals surface area contributed by atoms with Crippen molar-refractivity contribution in [1.29, 1.82) is 0 Å². The summed E-state index contributed by atoms with van der Waals surface area (Å²) < 4.78 is 5.09. The topological polar surface area (TPSA) is 97.7 Å². The molecule has 2 saturated carbocycles. The monoisotopic (exact) mass is 464 g/mol. The van der Waals surface area contributed by atoms with Gasteiger partial charge in [-0.3, -0.25) is 19.2 Å². The standard InChI is InChI=1S/C27H44O6/c1-26(2,25(31)32)16-6-10-21-14-12-19(23(21)29)8-5-9-20-13-15-22(24(20)30)11-7-17-27(3,4)33-18-28/h18-22H,5-17H2,1-4H3,(H,31,32). The van der Waals surface area contributed by atoms with Gasteiger partial charge in [0.05, 0.1) is 5.41 Å². The molecule has 0 spiro atoms. The number of carboxylic acid groups (broad SMARTS) is 1. The fourth-order valence-corrected chi connectivity index (χ4v) is 5.66. The average Bonchev–Trinajstić information content (AvgIpc) is 3.25. The van der Waals surface area contributed by atoms with Crippen LogP contribution in [0.5, 0.6) is 0 Å². The van der Waals surface area contributed by atoms with Crippen molar-refractivity contribution in [2.45, 2.75) is 117 Å². The van der Waals surface area contributed by atoms with Crippen LogP contribution in [0.4, 0.5) is 0 Å². The maximum absolute atomic E-state index is 12.8. The Morgan fingerprint density at radius 1 is 0.818 bits per heavy atom. The number of hydrogen-bond donors (Lipinski definition) is 1. The molecule has 0 aromatic rings. The number of hydrogen-bond acceptors (Lipinski definition) is 5. The molecule has 6 nitrogen and oxygen atoms in total. The van der Waals surface area contributed by atoms with Crippen LogP contribution in [0.1, 0.15) is 111 Å². The summed E-state index contributed by atoms with van der Waals surface area (Å²) in [6.45, 7) is 7.77. The number of ether oxygens (including phenoxy) is 1. The van der Waals surface area contributed by atoms with Gasteiger partial charge in [-0.05, 0) is 98.3 Å². The molecule has 0 saturated heterocycles. The molecular formula is C27H44O6. The molecule has 2 rings (SSSR count). The first-order chi connectivity index (χ1) is 15.5. The molecule has 0 aliphatic heterocycles. The minimum Gasteiger partial charge on any atom is -0.481 e. The van der Waals surface area contributed by atoms with Gasteiger partial charge in [0, 0.05) is 23.7 Å². The number of aliphatic carboxylic acids is 1. The third kappa shape index (κ3) is 8.22. The minimum absolute atomic E-state index is 0.0875. The molecule has 0 aromatic heterocycles. The lowest BCUT2D eigenvalue weighted by Gasteiger charge is -2.23. The molecule has 0 heterocycles. The summed E-state index contributed by atoms with van der Waals surface area (Å²) in [5, 5.41) is 9.24. The zero-order valence-electron chi connectivity index (χ0n) is 21.1. The van der Waals surface area contributed by atoms with E-state index in [1.807, 2.05) is 13.8 Å². The summed E-state index contributed by atoms with van der Waals surface area (Å²) >= 11 is 0. The van der Waals surface area contributed by atoms with E-state index in [0.717, 1.165) is 77.0 Å². The van der Waals surface area contributed by atoms with Crippen LogP contribution in [-0.2, 0) is 23.9 Å². The Kier molecular flexibility index (Phi) is 10.1. The molecule has 4 atom stereocenters. The lowest BCUT2D eigenvalue weighted by molar-refractivity contribution is -0.147. The van der Waals surface area contributed by atoms with Crippen LogP contribution in [0.3, 0.4) is 0 Å². The molecule has 0 bridgehead atoms. The highest BCUT2D eigenvalue weighted by Gasteiger charge is 2.36. The van der Waals surface area contributed by atoms with Crippen LogP contribution in [0.15, 0.2) is 0 Å². The van der Waals surface area contributed by atoms with Crippen molar-refractivity contribution >= 4 is 24.0 Å². The van der Waals surface area contributed by atoms with E-state index in [1.54, 1.807) is 13.8 Å². The number of Topliss-reactive ketones (excluding diaryl/α,β-unsaturated/α-hetero) is 2. The van der Waals surface area contributed by atoms with E-state index in [-0.39, 0.29) is 23.7 Å². The second-order valence-electron chi connectivity index (χ2n) is 11.6. The van der Waals surface area contributed by atoms with Crippen molar-refractivity contribution in [1.82, 2.24) is 0 Å². The molecule has 188 valence electrons. The van der Waals surface area contributed by atoms with Crippen LogP contribution in [0.25, 0.3) is 0 Å². The second-order valence-corrected chi connectivity index (χ2v) is 11.6. The van der Waals surface area contributed by atoms with Gasteiger partial charge in [-0.25, -0.2) is 0 Å². The molecule has 2 aliphatic carbocycles. The Hall–Kier alpha value is -1.72. The third-order valence-electron chi connectivity index (χ3n) is 8.07. The van der Waals surface area contributed by atoms with Gasteiger partial charge in [0.15, 0.2) is 0 Å². The van der Waals surface area contributed by atoms with E-state index in [2.05, 4.69) is 0 Å². The summed E-state index contributed by atoms with van der Waals surface area (Å²) in [7, 11) is 0. The van der Waals surface area contributed by atoms with Crippen molar-refractivity contribution in [2.24, 2.45) is 29.1 Å². The van der Waals surface area contributed by atoms with Crippen LogP contribution in [0.2, 0.25) is 0 Å². The smallest absolute Gasteiger partial charge is 0.309 e. The predicted molar refractivity (Wildman–Crippen MR) is 127 cm³/mol. The lowest BCUT2D eigenvalue weighted by atomic mass is 9.85. The Morgan fingerprint density at radius 2 is 1.21 bits per heavy atom. The number of rotatable bonds is 15. The zero-order chi connectivity index (χ0) is 24.6. The molecule has 1 N–H and O–H groups in total. The van der Waals surface area contributed by atoms with Gasteiger partial charge in [-0.1, -0.05) is 12.8 Å². The molecule has 0 aromatic carbocycles. The minimum atomic E-state index is -0.780. The molecule has 33 heavy (non-hydrogen) atoms. The highest BCUT2D eigenvalue weighted by molar-refractivity contribution is 5.86. The first kappa shape index (κ1) is 27.5. The highest BCUT2D eigenvalue weighted by atomic mass is 16.5. The van der Waals surface area contributed by atoms with Gasteiger partial charge >= 0.3 is 5.97 Å². The molecular weight excluding hydrogens is 420 g/mol.